The Hall–Kier alpha value is -0.820. The SMILES string of the molecule is c1cc2c(cc1[C@@H]1CCNC1)CCC2. The van der Waals surface area contributed by atoms with Crippen LogP contribution in [-0.4, -0.2) is 13.1 Å². The summed E-state index contributed by atoms with van der Waals surface area (Å²) in [4.78, 5) is 0. The summed E-state index contributed by atoms with van der Waals surface area (Å²) in [5.74, 6) is 0.779. The third-order valence-electron chi connectivity index (χ3n) is 3.65. The van der Waals surface area contributed by atoms with Gasteiger partial charge in [0.05, 0.1) is 0 Å². The average molecular weight is 187 g/mol. The van der Waals surface area contributed by atoms with E-state index in [1.165, 1.54) is 38.8 Å². The summed E-state index contributed by atoms with van der Waals surface area (Å²) in [5, 5.41) is 3.44. The second-order valence-corrected chi connectivity index (χ2v) is 4.57. The largest absolute Gasteiger partial charge is 0.316 e. The minimum absolute atomic E-state index is 0.779. The van der Waals surface area contributed by atoms with Gasteiger partial charge in [0.15, 0.2) is 0 Å². The molecule has 0 saturated carbocycles. The van der Waals surface area contributed by atoms with Crippen molar-refractivity contribution < 1.29 is 0 Å². The molecule has 0 aromatic heterocycles. The Morgan fingerprint density at radius 2 is 2.07 bits per heavy atom. The first-order valence-electron chi connectivity index (χ1n) is 5.76. The molecule has 1 aliphatic carbocycles. The molecule has 3 rings (SSSR count). The van der Waals surface area contributed by atoms with Gasteiger partial charge in [-0.3, -0.25) is 0 Å². The first-order chi connectivity index (χ1) is 6.93. The summed E-state index contributed by atoms with van der Waals surface area (Å²) < 4.78 is 0. The normalized spacial score (nSPS) is 25.3. The minimum Gasteiger partial charge on any atom is -0.316 e. The Morgan fingerprint density at radius 1 is 1.14 bits per heavy atom. The van der Waals surface area contributed by atoms with Crippen LogP contribution >= 0.6 is 0 Å². The molecule has 1 heteroatoms. The maximum Gasteiger partial charge on any atom is 0.00206 e. The highest BCUT2D eigenvalue weighted by molar-refractivity contribution is 5.37. The zero-order chi connectivity index (χ0) is 9.38. The number of hydrogen-bond donors (Lipinski definition) is 1. The van der Waals surface area contributed by atoms with Crippen LogP contribution in [0.1, 0.15) is 35.4 Å². The molecule has 0 radical (unpaired) electrons. The fourth-order valence-electron chi connectivity index (χ4n) is 2.78. The lowest BCUT2D eigenvalue weighted by molar-refractivity contribution is 0.762. The van der Waals surface area contributed by atoms with E-state index in [4.69, 9.17) is 0 Å². The van der Waals surface area contributed by atoms with Crippen molar-refractivity contribution in [3.8, 4) is 0 Å². The lowest BCUT2D eigenvalue weighted by Gasteiger charge is -2.10. The van der Waals surface area contributed by atoms with Crippen molar-refractivity contribution in [3.63, 3.8) is 0 Å². The smallest absolute Gasteiger partial charge is 0.00206 e. The molecule has 0 unspecified atom stereocenters. The highest BCUT2D eigenvalue weighted by Gasteiger charge is 2.18. The molecule has 0 amide bonds. The molecule has 1 aromatic rings. The van der Waals surface area contributed by atoms with Crippen LogP contribution in [0.5, 0.6) is 0 Å². The molecule has 14 heavy (non-hydrogen) atoms. The second-order valence-electron chi connectivity index (χ2n) is 4.57. The Kier molecular flexibility index (Phi) is 2.06. The number of nitrogens with one attached hydrogen (secondary N) is 1. The van der Waals surface area contributed by atoms with E-state index in [1.807, 2.05) is 0 Å². The van der Waals surface area contributed by atoms with Gasteiger partial charge in [-0.15, -0.1) is 0 Å². The fraction of sp³-hybridized carbons (Fsp3) is 0.538. The molecule has 2 aliphatic rings. The average Bonchev–Trinajstić information content (AvgIpc) is 2.88. The predicted octanol–water partition coefficient (Wildman–Crippen LogP) is 2.25. The molecule has 1 heterocycles. The van der Waals surface area contributed by atoms with Crippen LogP contribution in [0.3, 0.4) is 0 Å². The molecule has 1 nitrogen and oxygen atoms in total. The van der Waals surface area contributed by atoms with Gasteiger partial charge in [0.25, 0.3) is 0 Å². The van der Waals surface area contributed by atoms with Crippen molar-refractivity contribution in [2.24, 2.45) is 0 Å². The van der Waals surface area contributed by atoms with Gasteiger partial charge in [-0.1, -0.05) is 18.2 Å². The summed E-state index contributed by atoms with van der Waals surface area (Å²) in [5.41, 5.74) is 4.78. The summed E-state index contributed by atoms with van der Waals surface area (Å²) in [6.45, 7) is 2.38. The quantitative estimate of drug-likeness (QED) is 0.711. The van der Waals surface area contributed by atoms with Gasteiger partial charge in [-0.25, -0.2) is 0 Å². The van der Waals surface area contributed by atoms with E-state index in [0.717, 1.165) is 5.92 Å². The maximum absolute atomic E-state index is 3.44. The molecular formula is C13H17N. The third-order valence-corrected chi connectivity index (χ3v) is 3.65. The van der Waals surface area contributed by atoms with E-state index in [0.29, 0.717) is 0 Å². The van der Waals surface area contributed by atoms with Crippen molar-refractivity contribution in [2.75, 3.05) is 13.1 Å². The number of rotatable bonds is 1. The van der Waals surface area contributed by atoms with Crippen LogP contribution in [0.25, 0.3) is 0 Å². The van der Waals surface area contributed by atoms with E-state index >= 15 is 0 Å². The Labute approximate surface area is 85.5 Å². The monoisotopic (exact) mass is 187 g/mol. The predicted molar refractivity (Wildman–Crippen MR) is 58.7 cm³/mol. The molecule has 1 atom stereocenters. The first-order valence-corrected chi connectivity index (χ1v) is 5.76. The molecule has 1 fully saturated rings. The van der Waals surface area contributed by atoms with Crippen molar-refractivity contribution >= 4 is 0 Å². The maximum atomic E-state index is 3.44. The molecule has 1 N–H and O–H groups in total. The number of aryl methyl sites for hydroxylation is 2. The standard InChI is InChI=1S/C13H17N/c1-2-10-4-5-12(8-11(10)3-1)13-6-7-14-9-13/h4-5,8,13-14H,1-3,6-7,9H2/t13-/m1/s1. The molecule has 0 bridgehead atoms. The van der Waals surface area contributed by atoms with Gasteiger partial charge >= 0.3 is 0 Å². The van der Waals surface area contributed by atoms with Gasteiger partial charge in [-0.05, 0) is 54.8 Å². The molecule has 74 valence electrons. The zero-order valence-electron chi connectivity index (χ0n) is 8.55. The zero-order valence-corrected chi connectivity index (χ0v) is 8.55. The van der Waals surface area contributed by atoms with Gasteiger partial charge in [0, 0.05) is 6.54 Å². The molecule has 1 aromatic carbocycles. The Morgan fingerprint density at radius 3 is 2.93 bits per heavy atom. The van der Waals surface area contributed by atoms with Crippen LogP contribution in [0.2, 0.25) is 0 Å². The van der Waals surface area contributed by atoms with Crippen LogP contribution in [0, 0.1) is 0 Å². The van der Waals surface area contributed by atoms with Crippen molar-refractivity contribution in [1.82, 2.24) is 5.32 Å². The van der Waals surface area contributed by atoms with E-state index in [-0.39, 0.29) is 0 Å². The molecule has 1 aliphatic heterocycles. The number of hydrogen-bond acceptors (Lipinski definition) is 1. The van der Waals surface area contributed by atoms with Crippen LogP contribution in [0.15, 0.2) is 18.2 Å². The van der Waals surface area contributed by atoms with Crippen molar-refractivity contribution in [1.29, 1.82) is 0 Å². The third kappa shape index (κ3) is 1.36. The van der Waals surface area contributed by atoms with Gasteiger partial charge < -0.3 is 5.32 Å². The lowest BCUT2D eigenvalue weighted by Crippen LogP contribution is -2.08. The number of fused-ring (bicyclic) bond motifs is 1. The van der Waals surface area contributed by atoms with Crippen LogP contribution in [0.4, 0.5) is 0 Å². The van der Waals surface area contributed by atoms with Gasteiger partial charge in [0.1, 0.15) is 0 Å². The second kappa shape index (κ2) is 3.39. The summed E-state index contributed by atoms with van der Waals surface area (Å²) in [6, 6.07) is 7.16. The van der Waals surface area contributed by atoms with Crippen molar-refractivity contribution in [2.45, 2.75) is 31.6 Å². The minimum atomic E-state index is 0.779. The van der Waals surface area contributed by atoms with E-state index in [9.17, 15) is 0 Å². The topological polar surface area (TPSA) is 12.0 Å². The van der Waals surface area contributed by atoms with E-state index in [2.05, 4.69) is 23.5 Å². The fourth-order valence-corrected chi connectivity index (χ4v) is 2.78. The number of benzene rings is 1. The van der Waals surface area contributed by atoms with Gasteiger partial charge in [-0.2, -0.15) is 0 Å². The lowest BCUT2D eigenvalue weighted by atomic mass is 9.95. The van der Waals surface area contributed by atoms with Crippen LogP contribution in [-0.2, 0) is 12.8 Å². The molecule has 1 saturated heterocycles. The van der Waals surface area contributed by atoms with Crippen LogP contribution < -0.4 is 5.32 Å². The van der Waals surface area contributed by atoms with E-state index in [1.54, 1.807) is 16.7 Å². The summed E-state index contributed by atoms with van der Waals surface area (Å²) in [7, 11) is 0. The highest BCUT2D eigenvalue weighted by atomic mass is 14.9. The van der Waals surface area contributed by atoms with Gasteiger partial charge in [0.2, 0.25) is 0 Å². The Balaban J connectivity index is 1.91. The van der Waals surface area contributed by atoms with Crippen molar-refractivity contribution in [3.05, 3.63) is 34.9 Å². The first kappa shape index (κ1) is 8.49. The highest BCUT2D eigenvalue weighted by Crippen LogP contribution is 2.28. The summed E-state index contributed by atoms with van der Waals surface area (Å²) >= 11 is 0. The van der Waals surface area contributed by atoms with E-state index < -0.39 is 0 Å². The molecule has 0 spiro atoms. The Bertz CT molecular complexity index is 337. The molecular weight excluding hydrogens is 170 g/mol. The summed E-state index contributed by atoms with van der Waals surface area (Å²) in [6.07, 6.45) is 5.29.